The maximum Gasteiger partial charge on any atom is 0.331 e. The molecule has 1 amide bonds. The molecule has 28 heavy (non-hydrogen) atoms. The number of carbonyl (C=O) groups excluding carboxylic acids is 1. The number of carboxylic acid groups (broad SMARTS) is 1. The van der Waals surface area contributed by atoms with Crippen molar-refractivity contribution in [3.63, 3.8) is 0 Å². The van der Waals surface area contributed by atoms with E-state index in [-0.39, 0.29) is 12.1 Å². The van der Waals surface area contributed by atoms with Crippen LogP contribution >= 0.6 is 11.3 Å². The summed E-state index contributed by atoms with van der Waals surface area (Å²) >= 11 is 1.16. The molecular weight excluding hydrogens is 390 g/mol. The number of nitrogens with zero attached hydrogens (tertiary/aromatic N) is 1. The lowest BCUT2D eigenvalue weighted by Gasteiger charge is -2.13. The molecule has 1 aromatic carbocycles. The number of carboxylic acids is 1. The van der Waals surface area contributed by atoms with Crippen LogP contribution in [0.4, 0.5) is 8.78 Å². The van der Waals surface area contributed by atoms with E-state index in [9.17, 15) is 28.3 Å². The fourth-order valence-corrected chi connectivity index (χ4v) is 3.36. The third kappa shape index (κ3) is 4.15. The summed E-state index contributed by atoms with van der Waals surface area (Å²) in [7, 11) is 0. The van der Waals surface area contributed by atoms with Gasteiger partial charge in [0.1, 0.15) is 5.56 Å². The average molecular weight is 404 g/mol. The first kappa shape index (κ1) is 19.4. The zero-order valence-electron chi connectivity index (χ0n) is 14.3. The minimum absolute atomic E-state index is 0.0789. The van der Waals surface area contributed by atoms with Crippen molar-refractivity contribution in [2.45, 2.75) is 12.6 Å². The summed E-state index contributed by atoms with van der Waals surface area (Å²) in [6.45, 7) is -0.0789. The van der Waals surface area contributed by atoms with Gasteiger partial charge in [0, 0.05) is 11.1 Å². The van der Waals surface area contributed by atoms with Crippen molar-refractivity contribution in [2.75, 3.05) is 0 Å². The zero-order valence-corrected chi connectivity index (χ0v) is 15.1. The molecule has 6 nitrogen and oxygen atoms in total. The fourth-order valence-electron chi connectivity index (χ4n) is 2.59. The van der Waals surface area contributed by atoms with Crippen molar-refractivity contribution in [1.82, 2.24) is 9.88 Å². The van der Waals surface area contributed by atoms with Gasteiger partial charge in [-0.15, -0.1) is 11.3 Å². The van der Waals surface area contributed by atoms with Gasteiger partial charge in [-0.05, 0) is 41.3 Å². The Morgan fingerprint density at radius 1 is 1.14 bits per heavy atom. The number of carbonyl (C=O) groups is 2. The smallest absolute Gasteiger partial charge is 0.331 e. The van der Waals surface area contributed by atoms with Gasteiger partial charge < -0.3 is 15.0 Å². The van der Waals surface area contributed by atoms with E-state index in [1.165, 1.54) is 24.4 Å². The molecule has 2 aromatic heterocycles. The van der Waals surface area contributed by atoms with Gasteiger partial charge in [-0.3, -0.25) is 9.59 Å². The third-order valence-corrected chi connectivity index (χ3v) is 4.89. The van der Waals surface area contributed by atoms with Crippen LogP contribution in [0.2, 0.25) is 0 Å². The highest BCUT2D eigenvalue weighted by molar-refractivity contribution is 7.10. The minimum Gasteiger partial charge on any atom is -0.479 e. The van der Waals surface area contributed by atoms with E-state index in [2.05, 4.69) is 5.32 Å². The second-order valence-corrected chi connectivity index (χ2v) is 6.84. The Hall–Kier alpha value is -3.33. The number of hydrogen-bond donors (Lipinski definition) is 2. The van der Waals surface area contributed by atoms with Crippen LogP contribution in [0.15, 0.2) is 58.8 Å². The SMILES string of the molecule is O=C(NC(C(=O)O)c1cccs1)c1cccn(Cc2ccc(F)c(F)c2)c1=O. The first-order valence-electron chi connectivity index (χ1n) is 8.07. The Kier molecular flexibility index (Phi) is 5.65. The lowest BCUT2D eigenvalue weighted by Crippen LogP contribution is -2.37. The van der Waals surface area contributed by atoms with Crippen LogP contribution < -0.4 is 10.9 Å². The molecule has 1 atom stereocenters. The van der Waals surface area contributed by atoms with Gasteiger partial charge in [0.15, 0.2) is 17.7 Å². The van der Waals surface area contributed by atoms with E-state index >= 15 is 0 Å². The minimum atomic E-state index is -1.29. The van der Waals surface area contributed by atoms with Crippen molar-refractivity contribution in [3.8, 4) is 0 Å². The molecule has 9 heteroatoms. The van der Waals surface area contributed by atoms with E-state index in [1.807, 2.05) is 0 Å². The van der Waals surface area contributed by atoms with Gasteiger partial charge >= 0.3 is 5.97 Å². The molecule has 0 aliphatic carbocycles. The Balaban J connectivity index is 1.85. The number of pyridine rings is 1. The number of amides is 1. The number of aliphatic carboxylic acids is 1. The van der Waals surface area contributed by atoms with Crippen LogP contribution in [0, 0.1) is 11.6 Å². The quantitative estimate of drug-likeness (QED) is 0.661. The Morgan fingerprint density at radius 3 is 2.57 bits per heavy atom. The van der Waals surface area contributed by atoms with Crippen LogP contribution in [0.5, 0.6) is 0 Å². The van der Waals surface area contributed by atoms with Gasteiger partial charge in [0.2, 0.25) is 0 Å². The van der Waals surface area contributed by atoms with Gasteiger partial charge in [-0.1, -0.05) is 12.1 Å². The van der Waals surface area contributed by atoms with E-state index in [0.29, 0.717) is 10.4 Å². The van der Waals surface area contributed by atoms with Crippen LogP contribution in [0.3, 0.4) is 0 Å². The molecule has 0 radical (unpaired) electrons. The zero-order chi connectivity index (χ0) is 20.3. The van der Waals surface area contributed by atoms with Crippen molar-refractivity contribution in [2.24, 2.45) is 0 Å². The number of rotatable bonds is 6. The van der Waals surface area contributed by atoms with E-state index in [0.717, 1.165) is 28.0 Å². The van der Waals surface area contributed by atoms with Crippen LogP contribution in [-0.2, 0) is 11.3 Å². The lowest BCUT2D eigenvalue weighted by atomic mass is 10.2. The summed E-state index contributed by atoms with van der Waals surface area (Å²) in [6.07, 6.45) is 1.40. The summed E-state index contributed by atoms with van der Waals surface area (Å²) in [4.78, 5) is 37.0. The highest BCUT2D eigenvalue weighted by Crippen LogP contribution is 2.19. The maximum absolute atomic E-state index is 13.4. The molecule has 0 aliphatic heterocycles. The molecule has 0 spiro atoms. The molecule has 0 fully saturated rings. The summed E-state index contributed by atoms with van der Waals surface area (Å²) in [5.41, 5.74) is -0.603. The Labute approximate surface area is 161 Å². The standard InChI is InChI=1S/C19H14F2N2O4S/c20-13-6-5-11(9-14(13)21)10-23-7-1-3-12(18(23)25)17(24)22-16(19(26)27)15-4-2-8-28-15/h1-9,16H,10H2,(H,22,24)(H,26,27). The number of nitrogens with one attached hydrogen (secondary N) is 1. The summed E-state index contributed by atoms with van der Waals surface area (Å²) in [5, 5.41) is 13.4. The molecule has 0 aliphatic rings. The number of thiophene rings is 1. The third-order valence-electron chi connectivity index (χ3n) is 3.95. The first-order valence-corrected chi connectivity index (χ1v) is 8.95. The molecule has 3 rings (SSSR count). The largest absolute Gasteiger partial charge is 0.479 e. The van der Waals surface area contributed by atoms with Crippen LogP contribution in [-0.4, -0.2) is 21.6 Å². The summed E-state index contributed by atoms with van der Waals surface area (Å²) in [5.74, 6) is -4.14. The topological polar surface area (TPSA) is 88.4 Å². The monoisotopic (exact) mass is 404 g/mol. The fraction of sp³-hybridized carbons (Fsp3) is 0.105. The number of hydrogen-bond acceptors (Lipinski definition) is 4. The van der Waals surface area contributed by atoms with E-state index in [1.54, 1.807) is 17.5 Å². The van der Waals surface area contributed by atoms with Gasteiger partial charge in [0.05, 0.1) is 6.54 Å². The maximum atomic E-state index is 13.4. The molecule has 0 saturated carbocycles. The highest BCUT2D eigenvalue weighted by Gasteiger charge is 2.25. The second-order valence-electron chi connectivity index (χ2n) is 5.86. The number of aromatic nitrogens is 1. The average Bonchev–Trinajstić information content (AvgIpc) is 3.18. The molecule has 3 aromatic rings. The highest BCUT2D eigenvalue weighted by atomic mass is 32.1. The number of halogens is 2. The Morgan fingerprint density at radius 2 is 1.93 bits per heavy atom. The summed E-state index contributed by atoms with van der Waals surface area (Å²) in [6, 6.07) is 7.89. The molecule has 2 heterocycles. The normalized spacial score (nSPS) is 11.8. The molecule has 1 unspecified atom stereocenters. The predicted octanol–water partition coefficient (Wildman–Crippen LogP) is 2.79. The number of benzene rings is 1. The van der Waals surface area contributed by atoms with Crippen molar-refractivity contribution >= 4 is 23.2 Å². The van der Waals surface area contributed by atoms with Gasteiger partial charge in [-0.2, -0.15) is 0 Å². The Bertz CT molecular complexity index is 1080. The molecule has 0 bridgehead atoms. The van der Waals surface area contributed by atoms with Gasteiger partial charge in [0.25, 0.3) is 11.5 Å². The summed E-state index contributed by atoms with van der Waals surface area (Å²) < 4.78 is 27.6. The van der Waals surface area contributed by atoms with Crippen molar-refractivity contribution < 1.29 is 23.5 Å². The van der Waals surface area contributed by atoms with Crippen molar-refractivity contribution in [3.05, 3.63) is 92.0 Å². The predicted molar refractivity (Wildman–Crippen MR) is 98.3 cm³/mol. The second kappa shape index (κ2) is 8.13. The van der Waals surface area contributed by atoms with E-state index in [4.69, 9.17) is 0 Å². The van der Waals surface area contributed by atoms with Crippen LogP contribution in [0.25, 0.3) is 0 Å². The molecule has 144 valence electrons. The van der Waals surface area contributed by atoms with Gasteiger partial charge in [-0.25, -0.2) is 13.6 Å². The van der Waals surface area contributed by atoms with Crippen LogP contribution in [0.1, 0.15) is 26.8 Å². The first-order chi connectivity index (χ1) is 13.4. The molecule has 2 N–H and O–H groups in total. The van der Waals surface area contributed by atoms with E-state index < -0.39 is 35.1 Å². The molecular formula is C19H14F2N2O4S. The van der Waals surface area contributed by atoms with Crippen molar-refractivity contribution in [1.29, 1.82) is 0 Å². The lowest BCUT2D eigenvalue weighted by molar-refractivity contribution is -0.139. The molecule has 0 saturated heterocycles.